The number of ether oxygens (including phenoxy) is 1. The van der Waals surface area contributed by atoms with Gasteiger partial charge in [0.15, 0.2) is 0 Å². The summed E-state index contributed by atoms with van der Waals surface area (Å²) in [5.74, 6) is 1.00. The molecule has 0 radical (unpaired) electrons. The van der Waals surface area contributed by atoms with Crippen LogP contribution in [0.1, 0.15) is 16.5 Å². The molecule has 1 saturated heterocycles. The number of hydrogen-bond acceptors (Lipinski definition) is 5. The van der Waals surface area contributed by atoms with E-state index in [2.05, 4.69) is 32.7 Å². The van der Waals surface area contributed by atoms with E-state index in [-0.39, 0.29) is 0 Å². The largest absolute Gasteiger partial charge is 0.496 e. The highest BCUT2D eigenvalue weighted by Crippen LogP contribution is 2.30. The number of thiophene rings is 1. The van der Waals surface area contributed by atoms with Crippen molar-refractivity contribution in [1.29, 1.82) is 0 Å². The maximum absolute atomic E-state index is 5.43. The fourth-order valence-electron chi connectivity index (χ4n) is 2.66. The lowest BCUT2D eigenvalue weighted by Crippen LogP contribution is -2.45. The molecule has 0 amide bonds. The van der Waals surface area contributed by atoms with Crippen molar-refractivity contribution in [3.8, 4) is 5.75 Å². The van der Waals surface area contributed by atoms with E-state index in [9.17, 15) is 0 Å². The summed E-state index contributed by atoms with van der Waals surface area (Å²) in [6.07, 6.45) is 3.74. The molecular weight excluding hydrogens is 270 g/mol. The molecule has 0 saturated carbocycles. The average molecular weight is 289 g/mol. The van der Waals surface area contributed by atoms with Crippen molar-refractivity contribution < 1.29 is 4.74 Å². The zero-order chi connectivity index (χ0) is 13.8. The standard InChI is InChI=1S/C15H19N3OS/c1-19-14-4-9-20-15(14)11-18-8-7-17-10-13(18)12-2-5-16-6-3-12/h2-6,9,13,17H,7-8,10-11H2,1H3. The van der Waals surface area contributed by atoms with E-state index in [0.29, 0.717) is 6.04 Å². The van der Waals surface area contributed by atoms with Gasteiger partial charge in [0, 0.05) is 44.6 Å². The Balaban J connectivity index is 1.79. The van der Waals surface area contributed by atoms with Gasteiger partial charge < -0.3 is 10.1 Å². The summed E-state index contributed by atoms with van der Waals surface area (Å²) in [6, 6.07) is 6.66. The molecule has 5 heteroatoms. The van der Waals surface area contributed by atoms with Crippen molar-refractivity contribution in [3.05, 3.63) is 46.4 Å². The van der Waals surface area contributed by atoms with Gasteiger partial charge in [-0.25, -0.2) is 0 Å². The molecule has 0 bridgehead atoms. The number of rotatable bonds is 4. The summed E-state index contributed by atoms with van der Waals surface area (Å²) in [6.45, 7) is 4.01. The fourth-order valence-corrected chi connectivity index (χ4v) is 3.52. The number of pyridine rings is 1. The number of hydrogen-bond donors (Lipinski definition) is 1. The van der Waals surface area contributed by atoms with Crippen LogP contribution in [0, 0.1) is 0 Å². The third-order valence-electron chi connectivity index (χ3n) is 3.72. The second kappa shape index (κ2) is 6.35. The Morgan fingerprint density at radius 2 is 2.25 bits per heavy atom. The normalized spacial score (nSPS) is 19.9. The van der Waals surface area contributed by atoms with Crippen molar-refractivity contribution in [1.82, 2.24) is 15.2 Å². The van der Waals surface area contributed by atoms with E-state index < -0.39 is 0 Å². The third kappa shape index (κ3) is 2.85. The molecule has 20 heavy (non-hydrogen) atoms. The first-order chi connectivity index (χ1) is 9.88. The smallest absolute Gasteiger partial charge is 0.134 e. The monoisotopic (exact) mass is 289 g/mol. The van der Waals surface area contributed by atoms with Crippen LogP contribution in [-0.2, 0) is 6.54 Å². The Bertz CT molecular complexity index is 543. The molecule has 1 fully saturated rings. The van der Waals surface area contributed by atoms with Crippen LogP contribution < -0.4 is 10.1 Å². The molecular formula is C15H19N3OS. The van der Waals surface area contributed by atoms with Crippen molar-refractivity contribution in [2.45, 2.75) is 12.6 Å². The van der Waals surface area contributed by atoms with E-state index >= 15 is 0 Å². The van der Waals surface area contributed by atoms with Crippen LogP contribution in [0.25, 0.3) is 0 Å². The molecule has 2 aromatic heterocycles. The molecule has 0 spiro atoms. The van der Waals surface area contributed by atoms with Crippen LogP contribution in [0.15, 0.2) is 36.0 Å². The highest BCUT2D eigenvalue weighted by atomic mass is 32.1. The molecule has 106 valence electrons. The van der Waals surface area contributed by atoms with Crippen LogP contribution in [0.5, 0.6) is 5.75 Å². The van der Waals surface area contributed by atoms with E-state index in [4.69, 9.17) is 4.74 Å². The third-order valence-corrected chi connectivity index (χ3v) is 4.60. The van der Waals surface area contributed by atoms with Crippen LogP contribution in [-0.4, -0.2) is 36.6 Å². The molecule has 0 aliphatic carbocycles. The van der Waals surface area contributed by atoms with E-state index in [0.717, 1.165) is 31.9 Å². The predicted octanol–water partition coefficient (Wildman–Crippen LogP) is 2.30. The SMILES string of the molecule is COc1ccsc1CN1CCNCC1c1ccncc1. The molecule has 3 rings (SSSR count). The Hall–Kier alpha value is -1.43. The molecule has 2 aromatic rings. The van der Waals surface area contributed by atoms with E-state index in [1.54, 1.807) is 18.4 Å². The highest BCUT2D eigenvalue weighted by molar-refractivity contribution is 7.10. The molecule has 1 aliphatic heterocycles. The molecule has 1 atom stereocenters. The average Bonchev–Trinajstić information content (AvgIpc) is 2.96. The highest BCUT2D eigenvalue weighted by Gasteiger charge is 2.24. The minimum Gasteiger partial charge on any atom is -0.496 e. The Morgan fingerprint density at radius 1 is 1.40 bits per heavy atom. The quantitative estimate of drug-likeness (QED) is 0.937. The summed E-state index contributed by atoms with van der Waals surface area (Å²) in [4.78, 5) is 7.93. The van der Waals surface area contributed by atoms with Crippen molar-refractivity contribution in [3.63, 3.8) is 0 Å². The van der Waals surface area contributed by atoms with Gasteiger partial charge in [0.25, 0.3) is 0 Å². The molecule has 3 heterocycles. The lowest BCUT2D eigenvalue weighted by Gasteiger charge is -2.36. The van der Waals surface area contributed by atoms with E-state index in [1.165, 1.54) is 10.4 Å². The zero-order valence-electron chi connectivity index (χ0n) is 11.6. The Kier molecular flexibility index (Phi) is 4.30. The summed E-state index contributed by atoms with van der Waals surface area (Å²) < 4.78 is 5.43. The van der Waals surface area contributed by atoms with Gasteiger partial charge in [0.05, 0.1) is 12.0 Å². The molecule has 4 nitrogen and oxygen atoms in total. The summed E-state index contributed by atoms with van der Waals surface area (Å²) in [5.41, 5.74) is 1.32. The molecule has 1 aliphatic rings. The second-order valence-electron chi connectivity index (χ2n) is 4.88. The van der Waals surface area contributed by atoms with Gasteiger partial charge >= 0.3 is 0 Å². The summed E-state index contributed by atoms with van der Waals surface area (Å²) in [5, 5.41) is 5.58. The van der Waals surface area contributed by atoms with Crippen LogP contribution in [0.4, 0.5) is 0 Å². The fraction of sp³-hybridized carbons (Fsp3) is 0.400. The topological polar surface area (TPSA) is 37.4 Å². The lowest BCUT2D eigenvalue weighted by atomic mass is 10.0. The Labute approximate surface area is 123 Å². The lowest BCUT2D eigenvalue weighted by molar-refractivity contribution is 0.154. The number of methoxy groups -OCH3 is 1. The van der Waals surface area contributed by atoms with Crippen molar-refractivity contribution >= 4 is 11.3 Å². The van der Waals surface area contributed by atoms with Gasteiger partial charge in [-0.2, -0.15) is 0 Å². The van der Waals surface area contributed by atoms with Gasteiger partial charge in [-0.05, 0) is 29.1 Å². The second-order valence-corrected chi connectivity index (χ2v) is 5.88. The summed E-state index contributed by atoms with van der Waals surface area (Å²) in [7, 11) is 1.74. The van der Waals surface area contributed by atoms with Gasteiger partial charge in [0.1, 0.15) is 5.75 Å². The maximum atomic E-state index is 5.43. The van der Waals surface area contributed by atoms with E-state index in [1.807, 2.05) is 18.5 Å². The van der Waals surface area contributed by atoms with Gasteiger partial charge in [-0.1, -0.05) is 0 Å². The molecule has 1 unspecified atom stereocenters. The maximum Gasteiger partial charge on any atom is 0.134 e. The predicted molar refractivity (Wildman–Crippen MR) is 81.1 cm³/mol. The van der Waals surface area contributed by atoms with Crippen LogP contribution in [0.3, 0.4) is 0 Å². The minimum absolute atomic E-state index is 0.401. The van der Waals surface area contributed by atoms with Gasteiger partial charge in [0.2, 0.25) is 0 Å². The number of nitrogens with one attached hydrogen (secondary N) is 1. The van der Waals surface area contributed by atoms with Crippen LogP contribution >= 0.6 is 11.3 Å². The number of aromatic nitrogens is 1. The first kappa shape index (κ1) is 13.5. The number of piperazine rings is 1. The van der Waals surface area contributed by atoms with Crippen molar-refractivity contribution in [2.24, 2.45) is 0 Å². The zero-order valence-corrected chi connectivity index (χ0v) is 12.4. The number of nitrogens with zero attached hydrogens (tertiary/aromatic N) is 2. The summed E-state index contributed by atoms with van der Waals surface area (Å²) >= 11 is 1.77. The minimum atomic E-state index is 0.401. The van der Waals surface area contributed by atoms with Gasteiger partial charge in [-0.3, -0.25) is 9.88 Å². The van der Waals surface area contributed by atoms with Crippen molar-refractivity contribution in [2.75, 3.05) is 26.7 Å². The first-order valence-corrected chi connectivity index (χ1v) is 7.71. The first-order valence-electron chi connectivity index (χ1n) is 6.83. The Morgan fingerprint density at radius 3 is 3.05 bits per heavy atom. The van der Waals surface area contributed by atoms with Gasteiger partial charge in [-0.15, -0.1) is 11.3 Å². The molecule has 1 N–H and O–H groups in total. The molecule has 0 aromatic carbocycles. The van der Waals surface area contributed by atoms with Crippen LogP contribution in [0.2, 0.25) is 0 Å².